The Morgan fingerprint density at radius 3 is 1.96 bits per heavy atom. The molecule has 13 heteroatoms. The molecule has 2 amide bonds. The second-order valence-electron chi connectivity index (χ2n) is 13.4. The summed E-state index contributed by atoms with van der Waals surface area (Å²) >= 11 is 19.5. The summed E-state index contributed by atoms with van der Waals surface area (Å²) in [6, 6.07) is 15.4. The standard InChI is InChI=1S/C41H50Cl3N7O3/c1-3-4-5-6-7-8-9-10-11-12-13-14-15-16-17-18-37(52)46-31-21-24-33(42)36(27-31)47-40-38(49-48-30-19-22-32(54-2)23-20-30)41(53)51(50-40)39-34(43)25-29(28-45)26-35(39)44/h19-27,38H,3-18H2,1-2H3,(H,46,52)(H,47,50). The van der Waals surface area contributed by atoms with Gasteiger partial charge in [0.05, 0.1) is 45.2 Å². The number of rotatable bonds is 22. The lowest BCUT2D eigenvalue weighted by atomic mass is 10.0. The van der Waals surface area contributed by atoms with Gasteiger partial charge in [0.1, 0.15) is 11.4 Å². The van der Waals surface area contributed by atoms with Crippen molar-refractivity contribution in [2.45, 2.75) is 116 Å². The topological polar surface area (TPSA) is 132 Å². The fourth-order valence-electron chi connectivity index (χ4n) is 6.13. The molecule has 1 atom stereocenters. The molecular weight excluding hydrogens is 745 g/mol. The van der Waals surface area contributed by atoms with Gasteiger partial charge in [0.2, 0.25) is 11.9 Å². The molecule has 2 N–H and O–H groups in total. The van der Waals surface area contributed by atoms with Crippen molar-refractivity contribution in [2.75, 3.05) is 17.4 Å². The first-order chi connectivity index (χ1) is 26.2. The molecule has 1 aliphatic heterocycles. The molecule has 10 nitrogen and oxygen atoms in total. The van der Waals surface area contributed by atoms with Crippen LogP contribution in [0.3, 0.4) is 0 Å². The van der Waals surface area contributed by atoms with Crippen LogP contribution < -0.4 is 20.5 Å². The van der Waals surface area contributed by atoms with Crippen molar-refractivity contribution >= 4 is 75.2 Å². The van der Waals surface area contributed by atoms with Gasteiger partial charge in [-0.05, 0) is 61.0 Å². The van der Waals surface area contributed by atoms with E-state index in [0.717, 1.165) is 24.3 Å². The summed E-state index contributed by atoms with van der Waals surface area (Å²) in [6.07, 6.45) is 19.4. The number of amides is 2. The number of hydrogen-bond donors (Lipinski definition) is 2. The van der Waals surface area contributed by atoms with E-state index in [9.17, 15) is 14.9 Å². The van der Waals surface area contributed by atoms with E-state index in [2.05, 4.69) is 32.9 Å². The maximum absolute atomic E-state index is 13.8. The maximum atomic E-state index is 13.8. The van der Waals surface area contributed by atoms with Gasteiger partial charge < -0.3 is 10.1 Å². The minimum atomic E-state index is -1.23. The van der Waals surface area contributed by atoms with Crippen molar-refractivity contribution in [1.29, 1.82) is 5.26 Å². The number of hydrazine groups is 1. The first-order valence-electron chi connectivity index (χ1n) is 19.0. The lowest BCUT2D eigenvalue weighted by Gasteiger charge is -2.19. The zero-order valence-electron chi connectivity index (χ0n) is 31.2. The van der Waals surface area contributed by atoms with Gasteiger partial charge in [0, 0.05) is 12.1 Å². The van der Waals surface area contributed by atoms with Crippen LogP contribution in [-0.4, -0.2) is 30.8 Å². The minimum absolute atomic E-state index is 0.0730. The SMILES string of the molecule is CCCCCCCCCCCCCCCCCC(=O)Nc1ccc(Cl)c(N=C2NN(c3c(Cl)cc(C#N)cc3Cl)C(=O)C2N=Nc2ccc(OC)cc2)c1. The molecular formula is C41H50Cl3N7O3. The number of anilines is 2. The second kappa shape index (κ2) is 22.9. The molecule has 288 valence electrons. The fraction of sp³-hybridized carbons (Fsp3) is 0.463. The Morgan fingerprint density at radius 2 is 1.41 bits per heavy atom. The van der Waals surface area contributed by atoms with Gasteiger partial charge in [-0.1, -0.05) is 132 Å². The molecule has 1 aliphatic rings. The third-order valence-corrected chi connectivity index (χ3v) is 10.0. The van der Waals surface area contributed by atoms with Gasteiger partial charge in [-0.2, -0.15) is 15.5 Å². The normalized spacial score (nSPS) is 14.8. The van der Waals surface area contributed by atoms with Crippen LogP contribution in [-0.2, 0) is 9.59 Å². The fourth-order valence-corrected chi connectivity index (χ4v) is 6.95. The number of benzene rings is 3. The second-order valence-corrected chi connectivity index (χ2v) is 14.6. The molecule has 3 aromatic rings. The maximum Gasteiger partial charge on any atom is 0.280 e. The number of ether oxygens (including phenoxy) is 1. The van der Waals surface area contributed by atoms with Crippen molar-refractivity contribution in [3.8, 4) is 11.8 Å². The van der Waals surface area contributed by atoms with Crippen LogP contribution in [0, 0.1) is 11.3 Å². The van der Waals surface area contributed by atoms with E-state index >= 15 is 0 Å². The largest absolute Gasteiger partial charge is 0.497 e. The highest BCUT2D eigenvalue weighted by molar-refractivity contribution is 6.41. The van der Waals surface area contributed by atoms with Crippen LogP contribution in [0.25, 0.3) is 0 Å². The van der Waals surface area contributed by atoms with Crippen LogP contribution in [0.4, 0.5) is 22.7 Å². The number of halogens is 3. The molecule has 1 fully saturated rings. The van der Waals surface area contributed by atoms with Gasteiger partial charge in [-0.15, -0.1) is 0 Å². The number of azo groups is 1. The molecule has 4 rings (SSSR count). The monoisotopic (exact) mass is 793 g/mol. The van der Waals surface area contributed by atoms with Crippen LogP contribution in [0.1, 0.15) is 115 Å². The van der Waals surface area contributed by atoms with Crippen molar-refractivity contribution < 1.29 is 14.3 Å². The molecule has 1 unspecified atom stereocenters. The highest BCUT2D eigenvalue weighted by Crippen LogP contribution is 2.37. The summed E-state index contributed by atoms with van der Waals surface area (Å²) in [4.78, 5) is 31.3. The summed E-state index contributed by atoms with van der Waals surface area (Å²) in [5.41, 5.74) is 4.60. The number of carbonyl (C=O) groups excluding carboxylic acids is 2. The number of methoxy groups -OCH3 is 1. The third kappa shape index (κ3) is 13.3. The number of aliphatic imine (C=N–C) groups is 1. The van der Waals surface area contributed by atoms with Gasteiger partial charge in [0.15, 0.2) is 5.84 Å². The van der Waals surface area contributed by atoms with E-state index < -0.39 is 11.9 Å². The van der Waals surface area contributed by atoms with Crippen molar-refractivity contribution in [3.63, 3.8) is 0 Å². The predicted octanol–water partition coefficient (Wildman–Crippen LogP) is 12.5. The van der Waals surface area contributed by atoms with Crippen LogP contribution in [0.15, 0.2) is 69.8 Å². The van der Waals surface area contributed by atoms with Gasteiger partial charge in [0.25, 0.3) is 5.91 Å². The van der Waals surface area contributed by atoms with Crippen molar-refractivity contribution in [2.24, 2.45) is 15.2 Å². The first-order valence-corrected chi connectivity index (χ1v) is 20.1. The van der Waals surface area contributed by atoms with E-state index in [1.54, 1.807) is 49.6 Å². The molecule has 0 saturated carbocycles. The molecule has 0 aromatic heterocycles. The molecule has 1 heterocycles. The molecule has 0 bridgehead atoms. The van der Waals surface area contributed by atoms with E-state index in [4.69, 9.17) is 39.5 Å². The Morgan fingerprint density at radius 1 is 0.833 bits per heavy atom. The number of carbonyl (C=O) groups is 2. The molecule has 54 heavy (non-hydrogen) atoms. The smallest absolute Gasteiger partial charge is 0.280 e. The summed E-state index contributed by atoms with van der Waals surface area (Å²) < 4.78 is 5.21. The zero-order chi connectivity index (χ0) is 38.7. The molecule has 3 aromatic carbocycles. The Kier molecular flexibility index (Phi) is 18.1. The zero-order valence-corrected chi connectivity index (χ0v) is 33.4. The van der Waals surface area contributed by atoms with E-state index in [1.165, 1.54) is 89.2 Å². The Bertz CT molecular complexity index is 1770. The summed E-state index contributed by atoms with van der Waals surface area (Å²) in [7, 11) is 1.56. The quantitative estimate of drug-likeness (QED) is 0.0772. The third-order valence-electron chi connectivity index (χ3n) is 9.15. The van der Waals surface area contributed by atoms with E-state index in [1.807, 2.05) is 6.07 Å². The number of nitrogens with one attached hydrogen (secondary N) is 2. The van der Waals surface area contributed by atoms with E-state index in [0.29, 0.717) is 29.2 Å². The van der Waals surface area contributed by atoms with Gasteiger partial charge >= 0.3 is 0 Å². The minimum Gasteiger partial charge on any atom is -0.497 e. The number of nitriles is 1. The summed E-state index contributed by atoms with van der Waals surface area (Å²) in [6.45, 7) is 2.26. The molecule has 0 aliphatic carbocycles. The predicted molar refractivity (Wildman–Crippen MR) is 220 cm³/mol. The lowest BCUT2D eigenvalue weighted by molar-refractivity contribution is -0.118. The van der Waals surface area contributed by atoms with Gasteiger partial charge in [-0.25, -0.2) is 10.0 Å². The number of amidine groups is 1. The first kappa shape index (κ1) is 42.6. The van der Waals surface area contributed by atoms with Crippen LogP contribution >= 0.6 is 34.8 Å². The molecule has 1 saturated heterocycles. The van der Waals surface area contributed by atoms with E-state index in [-0.39, 0.29) is 38.1 Å². The van der Waals surface area contributed by atoms with Crippen molar-refractivity contribution in [3.05, 3.63) is 75.2 Å². The molecule has 0 spiro atoms. The number of hydrogen-bond acceptors (Lipinski definition) is 7. The Labute approximate surface area is 334 Å². The Hall–Kier alpha value is -4.17. The average Bonchev–Trinajstić information content (AvgIpc) is 3.46. The number of unbranched alkanes of at least 4 members (excludes halogenated alkanes) is 14. The Balaban J connectivity index is 1.34. The summed E-state index contributed by atoms with van der Waals surface area (Å²) in [5.74, 6) is 0.0743. The van der Waals surface area contributed by atoms with Crippen LogP contribution in [0.5, 0.6) is 5.75 Å². The number of nitrogens with zero attached hydrogens (tertiary/aromatic N) is 5. The lowest BCUT2D eigenvalue weighted by Crippen LogP contribution is -2.36. The molecule has 0 radical (unpaired) electrons. The van der Waals surface area contributed by atoms with Gasteiger partial charge in [-0.3, -0.25) is 15.0 Å². The average molecular weight is 795 g/mol. The summed E-state index contributed by atoms with van der Waals surface area (Å²) in [5, 5.41) is 22.4. The van der Waals surface area contributed by atoms with Crippen molar-refractivity contribution in [1.82, 2.24) is 5.43 Å². The van der Waals surface area contributed by atoms with Crippen LogP contribution in [0.2, 0.25) is 15.1 Å². The highest BCUT2D eigenvalue weighted by atomic mass is 35.5. The highest BCUT2D eigenvalue weighted by Gasteiger charge is 2.41.